The molecule has 0 heterocycles. The van der Waals surface area contributed by atoms with E-state index < -0.39 is 0 Å². The number of hydrogen-bond acceptors (Lipinski definition) is 3. The van der Waals surface area contributed by atoms with E-state index in [9.17, 15) is 4.79 Å². The van der Waals surface area contributed by atoms with Gasteiger partial charge in [-0.3, -0.25) is 4.79 Å². The first kappa shape index (κ1) is 17.8. The fraction of sp³-hybridized carbons (Fsp3) is 0.227. The molecule has 1 amide bonds. The van der Waals surface area contributed by atoms with Gasteiger partial charge in [0.25, 0.3) is 0 Å². The van der Waals surface area contributed by atoms with E-state index in [1.807, 2.05) is 55.6 Å². The fourth-order valence-corrected chi connectivity index (χ4v) is 2.84. The third-order valence-electron chi connectivity index (χ3n) is 4.40. The molecule has 3 rings (SSSR count). The predicted octanol–water partition coefficient (Wildman–Crippen LogP) is 3.93. The Hall–Kier alpha value is -3.01. The van der Waals surface area contributed by atoms with Gasteiger partial charge in [-0.1, -0.05) is 42.5 Å². The molecule has 0 saturated heterocycles. The van der Waals surface area contributed by atoms with E-state index in [4.69, 9.17) is 9.47 Å². The number of nitrogens with zero attached hydrogens (tertiary/aromatic N) is 1. The molecule has 4 heteroatoms. The van der Waals surface area contributed by atoms with Gasteiger partial charge in [-0.2, -0.15) is 0 Å². The summed E-state index contributed by atoms with van der Waals surface area (Å²) in [4.78, 5) is 14.2. The van der Waals surface area contributed by atoms with Crippen LogP contribution in [0, 0.1) is 0 Å². The lowest BCUT2D eigenvalue weighted by Crippen LogP contribution is -2.32. The van der Waals surface area contributed by atoms with Crippen molar-refractivity contribution in [3.8, 4) is 11.5 Å². The highest BCUT2D eigenvalue weighted by Crippen LogP contribution is 2.19. The van der Waals surface area contributed by atoms with Crippen molar-refractivity contribution in [1.29, 1.82) is 0 Å². The molecular formula is C22H23NO3. The first-order chi connectivity index (χ1) is 12.7. The van der Waals surface area contributed by atoms with Crippen molar-refractivity contribution in [1.82, 2.24) is 4.90 Å². The molecule has 0 N–H and O–H groups in total. The maximum absolute atomic E-state index is 12.5. The molecule has 0 aromatic heterocycles. The normalized spacial score (nSPS) is 10.5. The average Bonchev–Trinajstić information content (AvgIpc) is 2.68. The predicted molar refractivity (Wildman–Crippen MR) is 104 cm³/mol. The Labute approximate surface area is 154 Å². The van der Waals surface area contributed by atoms with Gasteiger partial charge >= 0.3 is 0 Å². The van der Waals surface area contributed by atoms with Crippen molar-refractivity contribution < 1.29 is 14.3 Å². The summed E-state index contributed by atoms with van der Waals surface area (Å²) >= 11 is 0. The van der Waals surface area contributed by atoms with Crippen molar-refractivity contribution in [2.45, 2.75) is 6.42 Å². The summed E-state index contributed by atoms with van der Waals surface area (Å²) in [7, 11) is 3.44. The molecule has 0 radical (unpaired) electrons. The Balaban J connectivity index is 1.54. The number of ether oxygens (including phenoxy) is 2. The van der Waals surface area contributed by atoms with Crippen LogP contribution in [0.15, 0.2) is 66.7 Å². The van der Waals surface area contributed by atoms with Crippen LogP contribution in [0.3, 0.4) is 0 Å². The third-order valence-corrected chi connectivity index (χ3v) is 4.40. The van der Waals surface area contributed by atoms with Crippen molar-refractivity contribution in [3.63, 3.8) is 0 Å². The number of hydrogen-bond donors (Lipinski definition) is 0. The summed E-state index contributed by atoms with van der Waals surface area (Å²) in [6, 6.07) is 21.6. The van der Waals surface area contributed by atoms with Crippen LogP contribution in [0.5, 0.6) is 11.5 Å². The maximum atomic E-state index is 12.5. The minimum Gasteiger partial charge on any atom is -0.497 e. The number of carbonyl (C=O) groups is 1. The monoisotopic (exact) mass is 349 g/mol. The highest BCUT2D eigenvalue weighted by molar-refractivity contribution is 5.90. The van der Waals surface area contributed by atoms with Gasteiger partial charge in [0.2, 0.25) is 5.91 Å². The van der Waals surface area contributed by atoms with Gasteiger partial charge in [-0.05, 0) is 40.6 Å². The second-order valence-corrected chi connectivity index (χ2v) is 6.15. The minimum atomic E-state index is 0.0830. The van der Waals surface area contributed by atoms with E-state index in [0.29, 0.717) is 19.6 Å². The Morgan fingerprint density at radius 1 is 0.923 bits per heavy atom. The Bertz CT molecular complexity index is 869. The maximum Gasteiger partial charge on any atom is 0.226 e. The van der Waals surface area contributed by atoms with Gasteiger partial charge in [0.05, 0.1) is 20.1 Å². The van der Waals surface area contributed by atoms with Crippen molar-refractivity contribution in [2.24, 2.45) is 0 Å². The third kappa shape index (κ3) is 4.33. The van der Waals surface area contributed by atoms with E-state index in [1.165, 1.54) is 0 Å². The van der Waals surface area contributed by atoms with Gasteiger partial charge in [-0.25, -0.2) is 0 Å². The van der Waals surface area contributed by atoms with Gasteiger partial charge in [0, 0.05) is 7.05 Å². The summed E-state index contributed by atoms with van der Waals surface area (Å²) in [5.41, 5.74) is 1.05. The topological polar surface area (TPSA) is 38.8 Å². The van der Waals surface area contributed by atoms with E-state index in [2.05, 4.69) is 18.2 Å². The van der Waals surface area contributed by atoms with Crippen molar-refractivity contribution >= 4 is 16.7 Å². The average molecular weight is 349 g/mol. The molecule has 3 aromatic carbocycles. The summed E-state index contributed by atoms with van der Waals surface area (Å²) in [5, 5.41) is 2.29. The summed E-state index contributed by atoms with van der Waals surface area (Å²) in [6.45, 7) is 0.986. The van der Waals surface area contributed by atoms with Crippen molar-refractivity contribution in [3.05, 3.63) is 72.3 Å². The molecule has 3 aromatic rings. The number of carbonyl (C=O) groups excluding carboxylic acids is 1. The lowest BCUT2D eigenvalue weighted by Gasteiger charge is -2.18. The highest BCUT2D eigenvalue weighted by atomic mass is 16.5. The molecule has 0 aliphatic rings. The molecular weight excluding hydrogens is 326 g/mol. The summed E-state index contributed by atoms with van der Waals surface area (Å²) in [5.74, 6) is 1.64. The van der Waals surface area contributed by atoms with Crippen LogP contribution in [0.2, 0.25) is 0 Å². The zero-order chi connectivity index (χ0) is 18.4. The summed E-state index contributed by atoms with van der Waals surface area (Å²) in [6.07, 6.45) is 0.389. The van der Waals surface area contributed by atoms with Crippen molar-refractivity contribution in [2.75, 3.05) is 27.3 Å². The molecule has 0 aliphatic heterocycles. The van der Waals surface area contributed by atoms with Gasteiger partial charge in [-0.15, -0.1) is 0 Å². The zero-order valence-electron chi connectivity index (χ0n) is 15.1. The fourth-order valence-electron chi connectivity index (χ4n) is 2.84. The van der Waals surface area contributed by atoms with Crippen LogP contribution in [0.1, 0.15) is 5.56 Å². The van der Waals surface area contributed by atoms with E-state index in [0.717, 1.165) is 27.8 Å². The number of benzene rings is 3. The SMILES string of the molecule is COc1ccc(OCCN(C)C(=O)Cc2cccc3ccccc23)cc1. The largest absolute Gasteiger partial charge is 0.497 e. The molecule has 0 spiro atoms. The summed E-state index contributed by atoms with van der Waals surface area (Å²) < 4.78 is 10.8. The molecule has 4 nitrogen and oxygen atoms in total. The molecule has 0 aliphatic carbocycles. The second kappa shape index (κ2) is 8.39. The van der Waals surface area contributed by atoms with Crippen LogP contribution >= 0.6 is 0 Å². The quantitative estimate of drug-likeness (QED) is 0.649. The van der Waals surface area contributed by atoms with Gasteiger partial charge in [0.1, 0.15) is 18.1 Å². The zero-order valence-corrected chi connectivity index (χ0v) is 15.1. The Morgan fingerprint density at radius 3 is 2.38 bits per heavy atom. The van der Waals surface area contributed by atoms with Crippen LogP contribution in [-0.2, 0) is 11.2 Å². The lowest BCUT2D eigenvalue weighted by atomic mass is 10.0. The van der Waals surface area contributed by atoms with Crippen LogP contribution < -0.4 is 9.47 Å². The smallest absolute Gasteiger partial charge is 0.226 e. The molecule has 0 fully saturated rings. The van der Waals surface area contributed by atoms with Crippen LogP contribution in [0.4, 0.5) is 0 Å². The minimum absolute atomic E-state index is 0.0830. The number of methoxy groups -OCH3 is 1. The number of fused-ring (bicyclic) bond motifs is 1. The van der Waals surface area contributed by atoms with Crippen LogP contribution in [0.25, 0.3) is 10.8 Å². The lowest BCUT2D eigenvalue weighted by molar-refractivity contribution is -0.129. The first-order valence-electron chi connectivity index (χ1n) is 8.65. The highest BCUT2D eigenvalue weighted by Gasteiger charge is 2.11. The number of amides is 1. The number of rotatable bonds is 7. The standard InChI is InChI=1S/C22H23NO3/c1-23(14-15-26-20-12-10-19(25-2)11-13-20)22(24)16-18-8-5-7-17-6-3-4-9-21(17)18/h3-13H,14-16H2,1-2H3. The van der Waals surface area contributed by atoms with E-state index >= 15 is 0 Å². The molecule has 0 unspecified atom stereocenters. The second-order valence-electron chi connectivity index (χ2n) is 6.15. The number of likely N-dealkylation sites (N-methyl/N-ethyl adjacent to an activating group) is 1. The first-order valence-corrected chi connectivity index (χ1v) is 8.65. The van der Waals surface area contributed by atoms with E-state index in [-0.39, 0.29) is 5.91 Å². The molecule has 0 saturated carbocycles. The molecule has 0 atom stereocenters. The Morgan fingerprint density at radius 2 is 1.62 bits per heavy atom. The van der Waals surface area contributed by atoms with Crippen LogP contribution in [-0.4, -0.2) is 38.1 Å². The molecule has 134 valence electrons. The Kier molecular flexibility index (Phi) is 5.74. The van der Waals surface area contributed by atoms with Gasteiger partial charge in [0.15, 0.2) is 0 Å². The molecule has 0 bridgehead atoms. The van der Waals surface area contributed by atoms with Gasteiger partial charge < -0.3 is 14.4 Å². The van der Waals surface area contributed by atoms with E-state index in [1.54, 1.807) is 12.0 Å². The molecule has 26 heavy (non-hydrogen) atoms.